The van der Waals surface area contributed by atoms with Crippen LogP contribution in [0.15, 0.2) is 18.2 Å². The van der Waals surface area contributed by atoms with Crippen LogP contribution in [0.1, 0.15) is 25.8 Å². The Hall–Kier alpha value is -1.00. The number of halogens is 2. The van der Waals surface area contributed by atoms with Gasteiger partial charge in [-0.3, -0.25) is 0 Å². The van der Waals surface area contributed by atoms with Crippen LogP contribution in [0.25, 0.3) is 0 Å². The Labute approximate surface area is 114 Å². The maximum absolute atomic E-state index is 13.3. The fourth-order valence-electron chi connectivity index (χ4n) is 1.84. The smallest absolute Gasteiger partial charge is 0.129 e. The van der Waals surface area contributed by atoms with Crippen LogP contribution in [0.2, 0.25) is 0 Å². The molecule has 1 aromatic rings. The van der Waals surface area contributed by atoms with Gasteiger partial charge in [0.1, 0.15) is 11.6 Å². The van der Waals surface area contributed by atoms with Crippen molar-refractivity contribution in [3.05, 3.63) is 35.4 Å². The zero-order valence-corrected chi connectivity index (χ0v) is 11.8. The average Bonchev–Trinajstić information content (AvgIpc) is 2.35. The molecule has 0 amide bonds. The van der Waals surface area contributed by atoms with Crippen molar-refractivity contribution in [1.29, 1.82) is 0 Å². The predicted molar refractivity (Wildman–Crippen MR) is 75.3 cm³/mol. The van der Waals surface area contributed by atoms with Crippen molar-refractivity contribution in [1.82, 2.24) is 10.6 Å². The van der Waals surface area contributed by atoms with Gasteiger partial charge in [0.05, 0.1) is 0 Å². The van der Waals surface area contributed by atoms with E-state index in [0.29, 0.717) is 18.9 Å². The standard InChI is InChI=1S/C15H24F2N2/c1-12(2)11-19-9-4-8-18-10-7-13-14(16)5-3-6-15(13)17/h3,5-6,12,18-19H,4,7-11H2,1-2H3. The topological polar surface area (TPSA) is 24.1 Å². The zero-order chi connectivity index (χ0) is 14.1. The van der Waals surface area contributed by atoms with Gasteiger partial charge in [-0.1, -0.05) is 19.9 Å². The molecule has 0 saturated carbocycles. The fraction of sp³-hybridized carbons (Fsp3) is 0.600. The van der Waals surface area contributed by atoms with Gasteiger partial charge in [0.15, 0.2) is 0 Å². The molecule has 0 bridgehead atoms. The minimum atomic E-state index is -0.458. The largest absolute Gasteiger partial charge is 0.316 e. The lowest BCUT2D eigenvalue weighted by atomic mass is 10.1. The minimum Gasteiger partial charge on any atom is -0.316 e. The molecule has 0 aromatic heterocycles. The monoisotopic (exact) mass is 270 g/mol. The Balaban J connectivity index is 2.08. The summed E-state index contributed by atoms with van der Waals surface area (Å²) in [7, 11) is 0. The van der Waals surface area contributed by atoms with Crippen LogP contribution in [0, 0.1) is 17.6 Å². The number of rotatable bonds is 9. The van der Waals surface area contributed by atoms with Crippen molar-refractivity contribution in [3.63, 3.8) is 0 Å². The first-order valence-corrected chi connectivity index (χ1v) is 6.95. The van der Waals surface area contributed by atoms with Gasteiger partial charge in [0, 0.05) is 5.56 Å². The fourth-order valence-corrected chi connectivity index (χ4v) is 1.84. The van der Waals surface area contributed by atoms with E-state index in [2.05, 4.69) is 24.5 Å². The van der Waals surface area contributed by atoms with E-state index >= 15 is 0 Å². The molecule has 0 unspecified atom stereocenters. The molecule has 4 heteroatoms. The van der Waals surface area contributed by atoms with Crippen molar-refractivity contribution in [2.75, 3.05) is 26.2 Å². The van der Waals surface area contributed by atoms with Crippen LogP contribution >= 0.6 is 0 Å². The van der Waals surface area contributed by atoms with Crippen molar-refractivity contribution >= 4 is 0 Å². The predicted octanol–water partition coefficient (Wildman–Crippen LogP) is 2.73. The first-order chi connectivity index (χ1) is 9.11. The van der Waals surface area contributed by atoms with Gasteiger partial charge in [-0.05, 0) is 57.1 Å². The molecule has 0 saturated heterocycles. The SMILES string of the molecule is CC(C)CNCCCNCCc1c(F)cccc1F. The lowest BCUT2D eigenvalue weighted by molar-refractivity contribution is 0.523. The maximum Gasteiger partial charge on any atom is 0.129 e. The molecular formula is C15H24F2N2. The zero-order valence-electron chi connectivity index (χ0n) is 11.8. The third-order valence-electron chi connectivity index (χ3n) is 2.87. The Morgan fingerprint density at radius 2 is 1.63 bits per heavy atom. The molecule has 2 N–H and O–H groups in total. The van der Waals surface area contributed by atoms with Gasteiger partial charge in [-0.25, -0.2) is 8.78 Å². The third-order valence-corrected chi connectivity index (χ3v) is 2.87. The van der Waals surface area contributed by atoms with Crippen molar-refractivity contribution in [3.8, 4) is 0 Å². The molecule has 0 aliphatic carbocycles. The van der Waals surface area contributed by atoms with Gasteiger partial charge >= 0.3 is 0 Å². The molecule has 1 aromatic carbocycles. The van der Waals surface area contributed by atoms with Crippen LogP contribution in [-0.4, -0.2) is 26.2 Å². The molecule has 0 radical (unpaired) electrons. The first-order valence-electron chi connectivity index (χ1n) is 6.95. The molecule has 0 aliphatic rings. The molecule has 0 spiro atoms. The highest BCUT2D eigenvalue weighted by molar-refractivity contribution is 5.19. The quantitative estimate of drug-likeness (QED) is 0.674. The van der Waals surface area contributed by atoms with Gasteiger partial charge in [0.2, 0.25) is 0 Å². The maximum atomic E-state index is 13.3. The van der Waals surface area contributed by atoms with E-state index in [0.717, 1.165) is 26.1 Å². The Morgan fingerprint density at radius 1 is 1.00 bits per heavy atom. The summed E-state index contributed by atoms with van der Waals surface area (Å²) in [5.74, 6) is -0.252. The third kappa shape index (κ3) is 6.64. The summed E-state index contributed by atoms with van der Waals surface area (Å²) in [5.41, 5.74) is 0.174. The van der Waals surface area contributed by atoms with E-state index in [1.54, 1.807) is 0 Å². The van der Waals surface area contributed by atoms with E-state index in [1.165, 1.54) is 18.2 Å². The van der Waals surface area contributed by atoms with Crippen LogP contribution in [0.5, 0.6) is 0 Å². The van der Waals surface area contributed by atoms with E-state index < -0.39 is 11.6 Å². The molecular weight excluding hydrogens is 246 g/mol. The summed E-state index contributed by atoms with van der Waals surface area (Å²) in [6.07, 6.45) is 1.41. The second kappa shape index (κ2) is 8.99. The summed E-state index contributed by atoms with van der Waals surface area (Å²) in [6, 6.07) is 3.99. The van der Waals surface area contributed by atoms with Gasteiger partial charge < -0.3 is 10.6 Å². The van der Waals surface area contributed by atoms with E-state index in [4.69, 9.17) is 0 Å². The van der Waals surface area contributed by atoms with Crippen molar-refractivity contribution in [2.45, 2.75) is 26.7 Å². The second-order valence-corrected chi connectivity index (χ2v) is 5.15. The molecule has 0 heterocycles. The second-order valence-electron chi connectivity index (χ2n) is 5.15. The molecule has 0 aliphatic heterocycles. The molecule has 0 fully saturated rings. The van der Waals surface area contributed by atoms with E-state index in [9.17, 15) is 8.78 Å². The summed E-state index contributed by atoms with van der Waals surface area (Å²) >= 11 is 0. The molecule has 108 valence electrons. The summed E-state index contributed by atoms with van der Waals surface area (Å²) in [5, 5.41) is 6.55. The lowest BCUT2D eigenvalue weighted by Crippen LogP contribution is -2.26. The molecule has 0 atom stereocenters. The summed E-state index contributed by atoms with van der Waals surface area (Å²) < 4.78 is 26.6. The minimum absolute atomic E-state index is 0.174. The highest BCUT2D eigenvalue weighted by Crippen LogP contribution is 2.11. The molecule has 2 nitrogen and oxygen atoms in total. The highest BCUT2D eigenvalue weighted by Gasteiger charge is 2.06. The van der Waals surface area contributed by atoms with Crippen LogP contribution in [0.3, 0.4) is 0 Å². The van der Waals surface area contributed by atoms with Crippen molar-refractivity contribution < 1.29 is 8.78 Å². The number of hydrogen-bond acceptors (Lipinski definition) is 2. The Morgan fingerprint density at radius 3 is 2.26 bits per heavy atom. The number of benzene rings is 1. The van der Waals surface area contributed by atoms with Gasteiger partial charge in [0.25, 0.3) is 0 Å². The molecule has 19 heavy (non-hydrogen) atoms. The van der Waals surface area contributed by atoms with E-state index in [-0.39, 0.29) is 5.56 Å². The lowest BCUT2D eigenvalue weighted by Gasteiger charge is -2.08. The van der Waals surface area contributed by atoms with Crippen molar-refractivity contribution in [2.24, 2.45) is 5.92 Å². The average molecular weight is 270 g/mol. The summed E-state index contributed by atoms with van der Waals surface area (Å²) in [4.78, 5) is 0. The molecule has 1 rings (SSSR count). The van der Waals surface area contributed by atoms with Gasteiger partial charge in [-0.15, -0.1) is 0 Å². The number of nitrogens with one attached hydrogen (secondary N) is 2. The Kier molecular flexibility index (Phi) is 7.60. The van der Waals surface area contributed by atoms with Crippen LogP contribution < -0.4 is 10.6 Å². The first kappa shape index (κ1) is 16.1. The normalized spacial score (nSPS) is 11.2. The van der Waals surface area contributed by atoms with Crippen LogP contribution in [0.4, 0.5) is 8.78 Å². The number of hydrogen-bond donors (Lipinski definition) is 2. The summed E-state index contributed by atoms with van der Waals surface area (Å²) in [6.45, 7) is 7.81. The van der Waals surface area contributed by atoms with Gasteiger partial charge in [-0.2, -0.15) is 0 Å². The van der Waals surface area contributed by atoms with E-state index in [1.807, 2.05) is 0 Å². The Bertz CT molecular complexity index is 347. The highest BCUT2D eigenvalue weighted by atomic mass is 19.1. The van der Waals surface area contributed by atoms with Crippen LogP contribution in [-0.2, 0) is 6.42 Å².